The maximum Gasteiger partial charge on any atom is 0.273 e. The minimum atomic E-state index is -0.409. The number of hydrogen-bond donors (Lipinski definition) is 2. The third-order valence-electron chi connectivity index (χ3n) is 6.35. The first-order valence-electron chi connectivity index (χ1n) is 12.4. The predicted octanol–water partition coefficient (Wildman–Crippen LogP) is 4.44. The Morgan fingerprint density at radius 2 is 1.20 bits per heavy atom. The molecule has 1 unspecified atom stereocenters. The zero-order valence-corrected chi connectivity index (χ0v) is 22.5. The molecule has 2 aliphatic rings. The molecule has 0 aromatic carbocycles. The molecular formula is C27H18BrN7O6. The van der Waals surface area contributed by atoms with Gasteiger partial charge >= 0.3 is 0 Å². The molecule has 7 rings (SSSR count). The van der Waals surface area contributed by atoms with Crippen LogP contribution in [-0.2, 0) is 0 Å². The molecule has 2 N–H and O–H groups in total. The van der Waals surface area contributed by atoms with E-state index in [1.165, 1.54) is 25.1 Å². The van der Waals surface area contributed by atoms with Crippen LogP contribution in [-0.4, -0.2) is 49.8 Å². The standard InChI is InChI=1S/C27H18BrN7O6/c28-15-5-16-24-34-20(11-40-24)26-32-18(9-38-26)22(36)29-7-13-2-1-3-14(4-13)8-30-23(37)19-10-39-27(33-19)21-12-41-25(35-21)17(6-15)31-16/h1-2,4-6,9-12,14H,3,7-8H2,(H,29,36)(H,30,37). The second kappa shape index (κ2) is 10.1. The lowest BCUT2D eigenvalue weighted by molar-refractivity contribution is 0.0940. The molecule has 6 heterocycles. The average Bonchev–Trinajstić information content (AvgIpc) is 3.79. The number of nitrogens with one attached hydrogen (secondary N) is 2. The summed E-state index contributed by atoms with van der Waals surface area (Å²) in [6.45, 7) is 0.652. The third kappa shape index (κ3) is 5.00. The van der Waals surface area contributed by atoms with Crippen LogP contribution in [0.25, 0.3) is 46.3 Å². The maximum atomic E-state index is 12.8. The molecule has 5 aromatic heterocycles. The van der Waals surface area contributed by atoms with Crippen molar-refractivity contribution in [3.63, 3.8) is 0 Å². The molecule has 12 bridgehead atoms. The van der Waals surface area contributed by atoms with Gasteiger partial charge in [0.05, 0.1) is 0 Å². The van der Waals surface area contributed by atoms with Gasteiger partial charge in [-0.2, -0.15) is 0 Å². The molecule has 0 saturated heterocycles. The molecule has 5 aromatic rings. The Morgan fingerprint density at radius 1 is 0.683 bits per heavy atom. The van der Waals surface area contributed by atoms with Gasteiger partial charge in [0, 0.05) is 17.6 Å². The lowest BCUT2D eigenvalue weighted by Gasteiger charge is -2.17. The number of oxazole rings is 4. The number of pyridine rings is 1. The van der Waals surface area contributed by atoms with Crippen LogP contribution < -0.4 is 10.6 Å². The van der Waals surface area contributed by atoms with Crippen molar-refractivity contribution in [2.24, 2.45) is 5.92 Å². The number of carbonyl (C=O) groups is 2. The SMILES string of the molecule is O=C1NCC2=CC(CC=C2)CNC(=O)c2coc(n2)-c2coc(n2)-c2cc(Br)cc(n2)-c2nc(co2)-c2nc1co2. The molecule has 0 fully saturated rings. The first-order chi connectivity index (χ1) is 20.0. The van der Waals surface area contributed by atoms with Crippen LogP contribution in [0.4, 0.5) is 0 Å². The number of hydrogen-bond acceptors (Lipinski definition) is 11. The summed E-state index contributed by atoms with van der Waals surface area (Å²) >= 11 is 3.47. The Hall–Kier alpha value is -5.11. The van der Waals surface area contributed by atoms with Crippen LogP contribution in [0.2, 0.25) is 0 Å². The smallest absolute Gasteiger partial charge is 0.273 e. The lowest BCUT2D eigenvalue weighted by atomic mass is 9.96. The van der Waals surface area contributed by atoms with Crippen LogP contribution in [0.3, 0.4) is 0 Å². The van der Waals surface area contributed by atoms with Gasteiger partial charge in [0.15, 0.2) is 22.8 Å². The normalized spacial score (nSPS) is 16.9. The van der Waals surface area contributed by atoms with E-state index in [1.807, 2.05) is 18.2 Å². The van der Waals surface area contributed by atoms with E-state index < -0.39 is 5.91 Å². The molecule has 1 aliphatic carbocycles. The highest BCUT2D eigenvalue weighted by Gasteiger charge is 2.22. The van der Waals surface area contributed by atoms with Crippen molar-refractivity contribution in [3.05, 3.63) is 76.8 Å². The molecule has 1 aliphatic heterocycles. The van der Waals surface area contributed by atoms with E-state index >= 15 is 0 Å². The van der Waals surface area contributed by atoms with Crippen LogP contribution in [0.15, 0.2) is 83.1 Å². The van der Waals surface area contributed by atoms with Gasteiger partial charge in [0.1, 0.15) is 36.4 Å². The summed E-state index contributed by atoms with van der Waals surface area (Å²) in [4.78, 5) is 47.5. The summed E-state index contributed by atoms with van der Waals surface area (Å²) in [6.07, 6.45) is 11.9. The van der Waals surface area contributed by atoms with Gasteiger partial charge in [0.2, 0.25) is 23.6 Å². The summed E-state index contributed by atoms with van der Waals surface area (Å²) in [5, 5.41) is 5.72. The number of fused-ring (bicyclic) bond motifs is 15. The van der Waals surface area contributed by atoms with Gasteiger partial charge in [-0.05, 0) is 30.0 Å². The summed E-state index contributed by atoms with van der Waals surface area (Å²) in [5.74, 6) is -0.157. The van der Waals surface area contributed by atoms with Crippen molar-refractivity contribution in [3.8, 4) is 46.3 Å². The first kappa shape index (κ1) is 24.9. The van der Waals surface area contributed by atoms with Crippen LogP contribution >= 0.6 is 15.9 Å². The summed E-state index contributed by atoms with van der Waals surface area (Å²) in [5.41, 5.74) is 2.44. The quantitative estimate of drug-likeness (QED) is 0.252. The Morgan fingerprint density at radius 3 is 1.80 bits per heavy atom. The van der Waals surface area contributed by atoms with Crippen molar-refractivity contribution in [2.45, 2.75) is 6.42 Å². The molecule has 2 amide bonds. The van der Waals surface area contributed by atoms with Gasteiger partial charge in [-0.25, -0.2) is 24.9 Å². The zero-order chi connectivity index (χ0) is 27.9. The number of rotatable bonds is 0. The van der Waals surface area contributed by atoms with Crippen LogP contribution in [0.5, 0.6) is 0 Å². The molecule has 0 radical (unpaired) electrons. The molecule has 1 atom stereocenters. The summed E-state index contributed by atoms with van der Waals surface area (Å²) in [6, 6.07) is 3.42. The Kier molecular flexibility index (Phi) is 6.15. The van der Waals surface area contributed by atoms with E-state index in [-0.39, 0.29) is 59.0 Å². The number of nitrogens with zero attached hydrogens (tertiary/aromatic N) is 5. The van der Waals surface area contributed by atoms with Crippen molar-refractivity contribution >= 4 is 27.7 Å². The molecule has 41 heavy (non-hydrogen) atoms. The third-order valence-corrected chi connectivity index (χ3v) is 6.80. The Bertz CT molecular complexity index is 1860. The van der Waals surface area contributed by atoms with Gasteiger partial charge < -0.3 is 28.3 Å². The largest absolute Gasteiger partial charge is 0.442 e. The van der Waals surface area contributed by atoms with Crippen molar-refractivity contribution in [2.75, 3.05) is 13.1 Å². The molecule has 204 valence electrons. The highest BCUT2D eigenvalue weighted by atomic mass is 79.9. The monoisotopic (exact) mass is 615 g/mol. The van der Waals surface area contributed by atoms with E-state index in [0.29, 0.717) is 28.1 Å². The first-order valence-corrected chi connectivity index (χ1v) is 13.2. The number of allylic oxidation sites excluding steroid dienone is 1. The number of halogens is 1. The number of aromatic nitrogens is 5. The van der Waals surface area contributed by atoms with E-state index in [9.17, 15) is 9.59 Å². The Balaban J connectivity index is 1.26. The highest BCUT2D eigenvalue weighted by molar-refractivity contribution is 9.10. The highest BCUT2D eigenvalue weighted by Crippen LogP contribution is 2.30. The molecule has 0 saturated carbocycles. The van der Waals surface area contributed by atoms with Crippen molar-refractivity contribution < 1.29 is 27.3 Å². The van der Waals surface area contributed by atoms with Gasteiger partial charge in [-0.1, -0.05) is 34.2 Å². The van der Waals surface area contributed by atoms with Crippen LogP contribution in [0, 0.1) is 5.92 Å². The second-order valence-electron chi connectivity index (χ2n) is 9.24. The van der Waals surface area contributed by atoms with Gasteiger partial charge in [-0.15, -0.1) is 0 Å². The molecule has 0 spiro atoms. The van der Waals surface area contributed by atoms with E-state index in [0.717, 1.165) is 12.0 Å². The lowest BCUT2D eigenvalue weighted by Crippen LogP contribution is -2.30. The van der Waals surface area contributed by atoms with Gasteiger partial charge in [0.25, 0.3) is 11.8 Å². The maximum absolute atomic E-state index is 12.8. The molecule has 13 nitrogen and oxygen atoms in total. The minimum Gasteiger partial charge on any atom is -0.442 e. The number of amides is 2. The fraction of sp³-hybridized carbons (Fsp3) is 0.148. The average molecular weight is 616 g/mol. The number of carbonyl (C=O) groups excluding carboxylic acids is 2. The fourth-order valence-electron chi connectivity index (χ4n) is 4.35. The van der Waals surface area contributed by atoms with Crippen molar-refractivity contribution in [1.82, 2.24) is 35.6 Å². The van der Waals surface area contributed by atoms with Gasteiger partial charge in [-0.3, -0.25) is 9.59 Å². The minimum absolute atomic E-state index is 0.0356. The zero-order valence-electron chi connectivity index (χ0n) is 21.0. The Labute approximate surface area is 238 Å². The van der Waals surface area contributed by atoms with Crippen LogP contribution in [0.1, 0.15) is 27.4 Å². The molecular weight excluding hydrogens is 598 g/mol. The molecule has 14 heteroatoms. The van der Waals surface area contributed by atoms with E-state index in [1.54, 1.807) is 12.1 Å². The summed E-state index contributed by atoms with van der Waals surface area (Å²) in [7, 11) is 0. The van der Waals surface area contributed by atoms with E-state index in [2.05, 4.69) is 51.5 Å². The van der Waals surface area contributed by atoms with Crippen molar-refractivity contribution in [1.29, 1.82) is 0 Å². The topological polar surface area (TPSA) is 175 Å². The second-order valence-corrected chi connectivity index (χ2v) is 10.2. The summed E-state index contributed by atoms with van der Waals surface area (Å²) < 4.78 is 23.0. The fourth-order valence-corrected chi connectivity index (χ4v) is 4.79. The van der Waals surface area contributed by atoms with E-state index in [4.69, 9.17) is 17.7 Å². The predicted molar refractivity (Wildman–Crippen MR) is 144 cm³/mol.